The van der Waals surface area contributed by atoms with Crippen LogP contribution in [0.2, 0.25) is 0 Å². The first-order valence-electron chi connectivity index (χ1n) is 9.54. The number of ether oxygens (including phenoxy) is 1. The number of carbonyl (C=O) groups is 1. The number of carbonyl (C=O) groups excluding carboxylic acids is 1. The predicted octanol–water partition coefficient (Wildman–Crippen LogP) is 3.47. The normalized spacial score (nSPS) is 19.4. The lowest BCUT2D eigenvalue weighted by atomic mass is 9.78. The Morgan fingerprint density at radius 1 is 1.19 bits per heavy atom. The molecule has 2 aliphatic heterocycles. The van der Waals surface area contributed by atoms with Crippen LogP contribution in [-0.4, -0.2) is 50.7 Å². The zero-order valence-corrected chi connectivity index (χ0v) is 17.8. The van der Waals surface area contributed by atoms with E-state index < -0.39 is 5.41 Å². The molecule has 2 N–H and O–H groups in total. The molecule has 0 spiro atoms. The Hall–Kier alpha value is -0.850. The molecule has 3 rings (SSSR count). The van der Waals surface area contributed by atoms with Gasteiger partial charge in [-0.1, -0.05) is 18.6 Å². The summed E-state index contributed by atoms with van der Waals surface area (Å²) in [5, 5.41) is 6.48. The maximum absolute atomic E-state index is 13.0. The Balaban J connectivity index is 0.00000182. The highest BCUT2D eigenvalue weighted by Crippen LogP contribution is 2.31. The molecule has 0 radical (unpaired) electrons. The summed E-state index contributed by atoms with van der Waals surface area (Å²) < 4.78 is 5.37. The van der Waals surface area contributed by atoms with Crippen LogP contribution >= 0.6 is 24.8 Å². The second-order valence-electron chi connectivity index (χ2n) is 7.45. The lowest BCUT2D eigenvalue weighted by molar-refractivity contribution is -0.130. The van der Waals surface area contributed by atoms with E-state index in [0.717, 1.165) is 38.2 Å². The first kappa shape index (κ1) is 24.2. The third kappa shape index (κ3) is 6.61. The summed E-state index contributed by atoms with van der Waals surface area (Å²) in [6, 6.07) is 8.30. The van der Waals surface area contributed by atoms with Gasteiger partial charge in [-0.05, 0) is 69.6 Å². The summed E-state index contributed by atoms with van der Waals surface area (Å²) in [6.07, 6.45) is 5.58. The average Bonchev–Trinajstić information content (AvgIpc) is 2.64. The van der Waals surface area contributed by atoms with E-state index in [2.05, 4.69) is 27.7 Å². The van der Waals surface area contributed by atoms with Crippen LogP contribution in [0.1, 0.15) is 37.7 Å². The van der Waals surface area contributed by atoms with Gasteiger partial charge in [0.05, 0.1) is 12.0 Å². The molecule has 0 bridgehead atoms. The summed E-state index contributed by atoms with van der Waals surface area (Å²) in [7, 11) is 1.68. The van der Waals surface area contributed by atoms with E-state index in [0.29, 0.717) is 6.61 Å². The van der Waals surface area contributed by atoms with Crippen molar-refractivity contribution >= 4 is 36.4 Å². The molecule has 1 aromatic rings. The largest absolute Gasteiger partial charge is 0.384 e. The molecule has 0 aromatic heterocycles. The molecule has 0 saturated carbocycles. The molecule has 7 heteroatoms. The minimum Gasteiger partial charge on any atom is -0.384 e. The van der Waals surface area contributed by atoms with Gasteiger partial charge in [-0.3, -0.25) is 9.69 Å². The zero-order chi connectivity index (χ0) is 17.5. The number of hydrogen-bond donors (Lipinski definition) is 2. The number of likely N-dealkylation sites (tertiary alicyclic amines) is 1. The standard InChI is InChI=1S/C20H31N3O2.2ClH/c1-25-16-20(8-10-21-11-9-20)19(24)22-18-7-5-6-17(14-18)15-23-12-3-2-4-13-23;;/h5-7,14,21H,2-4,8-13,15-16H2,1H3,(H,22,24);2*1H. The smallest absolute Gasteiger partial charge is 0.233 e. The van der Waals surface area contributed by atoms with Gasteiger partial charge in [-0.2, -0.15) is 0 Å². The number of nitrogens with one attached hydrogen (secondary N) is 2. The predicted molar refractivity (Wildman–Crippen MR) is 115 cm³/mol. The van der Waals surface area contributed by atoms with E-state index in [1.165, 1.54) is 37.9 Å². The maximum Gasteiger partial charge on any atom is 0.233 e. The van der Waals surface area contributed by atoms with Crippen LogP contribution in [0, 0.1) is 5.41 Å². The van der Waals surface area contributed by atoms with E-state index in [9.17, 15) is 4.79 Å². The van der Waals surface area contributed by atoms with E-state index in [1.54, 1.807) is 7.11 Å². The molecular weight excluding hydrogens is 385 g/mol. The van der Waals surface area contributed by atoms with Crippen molar-refractivity contribution in [1.82, 2.24) is 10.2 Å². The molecule has 2 aliphatic rings. The molecule has 1 aromatic carbocycles. The van der Waals surface area contributed by atoms with Crippen molar-refractivity contribution in [3.63, 3.8) is 0 Å². The fourth-order valence-corrected chi connectivity index (χ4v) is 4.01. The minimum absolute atomic E-state index is 0. The quantitative estimate of drug-likeness (QED) is 0.743. The second-order valence-corrected chi connectivity index (χ2v) is 7.45. The Morgan fingerprint density at radius 3 is 2.56 bits per heavy atom. The van der Waals surface area contributed by atoms with Crippen molar-refractivity contribution in [3.8, 4) is 0 Å². The van der Waals surface area contributed by atoms with Gasteiger partial charge in [0.15, 0.2) is 0 Å². The van der Waals surface area contributed by atoms with Gasteiger partial charge in [-0.15, -0.1) is 24.8 Å². The summed E-state index contributed by atoms with van der Waals surface area (Å²) in [5.74, 6) is 0.0889. The van der Waals surface area contributed by atoms with Gasteiger partial charge in [-0.25, -0.2) is 0 Å². The van der Waals surface area contributed by atoms with Crippen molar-refractivity contribution in [2.24, 2.45) is 5.41 Å². The Labute approximate surface area is 175 Å². The third-order valence-corrected chi connectivity index (χ3v) is 5.50. The van der Waals surface area contributed by atoms with Crippen molar-refractivity contribution < 1.29 is 9.53 Å². The molecule has 1 amide bonds. The van der Waals surface area contributed by atoms with Crippen LogP contribution in [0.5, 0.6) is 0 Å². The number of hydrogen-bond acceptors (Lipinski definition) is 4. The monoisotopic (exact) mass is 417 g/mol. The van der Waals surface area contributed by atoms with E-state index in [-0.39, 0.29) is 30.7 Å². The zero-order valence-electron chi connectivity index (χ0n) is 16.2. The Morgan fingerprint density at radius 2 is 1.89 bits per heavy atom. The van der Waals surface area contributed by atoms with Crippen LogP contribution in [0.15, 0.2) is 24.3 Å². The lowest BCUT2D eigenvalue weighted by Gasteiger charge is -2.35. The Kier molecular flexibility index (Phi) is 10.6. The van der Waals surface area contributed by atoms with Gasteiger partial charge >= 0.3 is 0 Å². The molecule has 0 unspecified atom stereocenters. The number of halogens is 2. The summed E-state index contributed by atoms with van der Waals surface area (Å²) in [4.78, 5) is 15.5. The van der Waals surface area contributed by atoms with Gasteiger partial charge in [0, 0.05) is 19.3 Å². The van der Waals surface area contributed by atoms with E-state index in [4.69, 9.17) is 4.74 Å². The molecule has 0 aliphatic carbocycles. The van der Waals surface area contributed by atoms with Crippen LogP contribution in [0.25, 0.3) is 0 Å². The number of rotatable bonds is 6. The van der Waals surface area contributed by atoms with Crippen LogP contribution in [-0.2, 0) is 16.1 Å². The summed E-state index contributed by atoms with van der Waals surface area (Å²) in [5.41, 5.74) is 1.75. The number of nitrogens with zero attached hydrogens (tertiary/aromatic N) is 1. The number of benzene rings is 1. The number of methoxy groups -OCH3 is 1. The molecule has 27 heavy (non-hydrogen) atoms. The molecule has 2 fully saturated rings. The maximum atomic E-state index is 13.0. The highest BCUT2D eigenvalue weighted by atomic mass is 35.5. The SMILES string of the molecule is COCC1(C(=O)Nc2cccc(CN3CCCCC3)c2)CCNCC1.Cl.Cl. The lowest BCUT2D eigenvalue weighted by Crippen LogP contribution is -2.47. The molecule has 154 valence electrons. The van der Waals surface area contributed by atoms with Crippen molar-refractivity contribution in [2.45, 2.75) is 38.6 Å². The van der Waals surface area contributed by atoms with Crippen molar-refractivity contribution in [2.75, 3.05) is 45.2 Å². The van der Waals surface area contributed by atoms with Crippen LogP contribution in [0.3, 0.4) is 0 Å². The molecule has 5 nitrogen and oxygen atoms in total. The number of anilines is 1. The third-order valence-electron chi connectivity index (χ3n) is 5.50. The summed E-state index contributed by atoms with van der Waals surface area (Å²) in [6.45, 7) is 5.55. The highest BCUT2D eigenvalue weighted by Gasteiger charge is 2.39. The fourth-order valence-electron chi connectivity index (χ4n) is 4.01. The van der Waals surface area contributed by atoms with E-state index in [1.807, 2.05) is 12.1 Å². The van der Waals surface area contributed by atoms with Crippen LogP contribution < -0.4 is 10.6 Å². The summed E-state index contributed by atoms with van der Waals surface area (Å²) >= 11 is 0. The average molecular weight is 418 g/mol. The molecular formula is C20H33Cl2N3O2. The van der Waals surface area contributed by atoms with Gasteiger partial charge in [0.1, 0.15) is 0 Å². The van der Waals surface area contributed by atoms with E-state index >= 15 is 0 Å². The fraction of sp³-hybridized carbons (Fsp3) is 0.650. The Bertz CT molecular complexity index is 569. The second kappa shape index (κ2) is 11.9. The van der Waals surface area contributed by atoms with Crippen LogP contribution in [0.4, 0.5) is 5.69 Å². The number of piperidine rings is 2. The first-order valence-corrected chi connectivity index (χ1v) is 9.54. The molecule has 0 atom stereocenters. The highest BCUT2D eigenvalue weighted by molar-refractivity contribution is 5.95. The van der Waals surface area contributed by atoms with Gasteiger partial charge in [0.25, 0.3) is 0 Å². The number of amides is 1. The first-order chi connectivity index (χ1) is 12.2. The molecule has 2 heterocycles. The minimum atomic E-state index is -0.414. The van der Waals surface area contributed by atoms with Crippen molar-refractivity contribution in [1.29, 1.82) is 0 Å². The van der Waals surface area contributed by atoms with Gasteiger partial charge in [0.2, 0.25) is 5.91 Å². The van der Waals surface area contributed by atoms with Gasteiger partial charge < -0.3 is 15.4 Å². The van der Waals surface area contributed by atoms with Crippen molar-refractivity contribution in [3.05, 3.63) is 29.8 Å². The topological polar surface area (TPSA) is 53.6 Å². The molecule has 2 saturated heterocycles.